The highest BCUT2D eigenvalue weighted by atomic mass is 16.5. The first kappa shape index (κ1) is 18.0. The van der Waals surface area contributed by atoms with E-state index in [0.717, 1.165) is 5.56 Å². The van der Waals surface area contributed by atoms with Crippen molar-refractivity contribution in [1.29, 1.82) is 0 Å². The molecule has 0 bridgehead atoms. The van der Waals surface area contributed by atoms with Crippen molar-refractivity contribution in [2.45, 2.75) is 12.1 Å². The number of ether oxygens (including phenoxy) is 1. The minimum Gasteiger partial charge on any atom is -0.497 e. The fourth-order valence-corrected chi connectivity index (χ4v) is 3.83. The molecule has 0 radical (unpaired) electrons. The number of nitrogens with one attached hydrogen (secondary N) is 3. The summed E-state index contributed by atoms with van der Waals surface area (Å²) in [5, 5.41) is 8.87. The van der Waals surface area contributed by atoms with Gasteiger partial charge in [-0.2, -0.15) is 0 Å². The van der Waals surface area contributed by atoms with E-state index in [1.165, 1.54) is 12.0 Å². The zero-order valence-electron chi connectivity index (χ0n) is 15.9. The molecule has 0 spiro atoms. The van der Waals surface area contributed by atoms with Crippen LogP contribution in [-0.4, -0.2) is 46.5 Å². The van der Waals surface area contributed by atoms with E-state index in [2.05, 4.69) is 20.8 Å². The number of rotatable bonds is 5. The number of imide groups is 1. The SMILES string of the molecule is COc1ccc2c(c1)C(=O)N(C[C@@]1(c3cc(-c4ccc[nH]4)no3)NC(=O)NC1=O)C2. The summed E-state index contributed by atoms with van der Waals surface area (Å²) in [6.07, 6.45) is 1.73. The molecule has 4 heterocycles. The number of methoxy groups -OCH3 is 1. The molecule has 2 aliphatic rings. The highest BCUT2D eigenvalue weighted by Gasteiger charge is 2.53. The Hall–Kier alpha value is -4.08. The summed E-state index contributed by atoms with van der Waals surface area (Å²) >= 11 is 0. The van der Waals surface area contributed by atoms with E-state index < -0.39 is 17.5 Å². The molecular formula is C20H17N5O5. The van der Waals surface area contributed by atoms with Gasteiger partial charge in [-0.1, -0.05) is 11.2 Å². The van der Waals surface area contributed by atoms with Gasteiger partial charge < -0.3 is 24.5 Å². The van der Waals surface area contributed by atoms with Crippen LogP contribution in [-0.2, 0) is 16.9 Å². The van der Waals surface area contributed by atoms with E-state index in [-0.39, 0.29) is 18.2 Å². The first-order chi connectivity index (χ1) is 14.5. The minimum atomic E-state index is -1.59. The Kier molecular flexibility index (Phi) is 3.88. The lowest BCUT2D eigenvalue weighted by Crippen LogP contribution is -2.52. The third kappa shape index (κ3) is 2.65. The molecule has 1 fully saturated rings. The highest BCUT2D eigenvalue weighted by molar-refractivity contribution is 6.08. The quantitative estimate of drug-likeness (QED) is 0.548. The van der Waals surface area contributed by atoms with Crippen LogP contribution < -0.4 is 15.4 Å². The van der Waals surface area contributed by atoms with E-state index in [1.807, 2.05) is 6.07 Å². The molecule has 4 amide bonds. The molecule has 1 atom stereocenters. The number of carbonyl (C=O) groups is 3. The Labute approximate surface area is 170 Å². The number of carbonyl (C=O) groups excluding carboxylic acids is 3. The fourth-order valence-electron chi connectivity index (χ4n) is 3.83. The number of H-pyrrole nitrogens is 1. The largest absolute Gasteiger partial charge is 0.497 e. The van der Waals surface area contributed by atoms with E-state index >= 15 is 0 Å². The molecule has 0 unspecified atom stereocenters. The molecule has 2 aromatic heterocycles. The van der Waals surface area contributed by atoms with Crippen LogP contribution in [0.5, 0.6) is 5.75 Å². The van der Waals surface area contributed by atoms with Crippen LogP contribution in [0.15, 0.2) is 47.1 Å². The summed E-state index contributed by atoms with van der Waals surface area (Å²) in [6.45, 7) is 0.181. The van der Waals surface area contributed by atoms with Crippen molar-refractivity contribution in [3.8, 4) is 17.1 Å². The van der Waals surface area contributed by atoms with E-state index in [0.29, 0.717) is 29.2 Å². The second kappa shape index (κ2) is 6.48. The van der Waals surface area contributed by atoms with Crippen LogP contribution in [0.4, 0.5) is 4.79 Å². The predicted molar refractivity (Wildman–Crippen MR) is 102 cm³/mol. The number of nitrogens with zero attached hydrogens (tertiary/aromatic N) is 2. The fraction of sp³-hybridized carbons (Fsp3) is 0.200. The van der Waals surface area contributed by atoms with E-state index in [1.54, 1.807) is 36.5 Å². The number of aromatic nitrogens is 2. The molecule has 3 aromatic rings. The first-order valence-electron chi connectivity index (χ1n) is 9.21. The Morgan fingerprint density at radius 2 is 2.10 bits per heavy atom. The molecule has 30 heavy (non-hydrogen) atoms. The van der Waals surface area contributed by atoms with Gasteiger partial charge >= 0.3 is 6.03 Å². The lowest BCUT2D eigenvalue weighted by atomic mass is 9.95. The van der Waals surface area contributed by atoms with Crippen molar-refractivity contribution >= 4 is 17.8 Å². The maximum Gasteiger partial charge on any atom is 0.322 e. The summed E-state index contributed by atoms with van der Waals surface area (Å²) in [5.41, 5.74) is 0.895. The molecule has 0 aliphatic carbocycles. The lowest BCUT2D eigenvalue weighted by Gasteiger charge is -2.28. The number of fused-ring (bicyclic) bond motifs is 1. The molecule has 5 rings (SSSR count). The Morgan fingerprint density at radius 3 is 2.80 bits per heavy atom. The molecule has 10 heteroatoms. The number of hydrogen-bond donors (Lipinski definition) is 3. The van der Waals surface area contributed by atoms with Gasteiger partial charge in [-0.05, 0) is 29.8 Å². The average Bonchev–Trinajstić information content (AvgIpc) is 3.51. The summed E-state index contributed by atoms with van der Waals surface area (Å²) in [5.74, 6) is -0.169. The van der Waals surface area contributed by atoms with Crippen molar-refractivity contribution in [1.82, 2.24) is 25.7 Å². The molecule has 10 nitrogen and oxygen atoms in total. The normalized spacial score (nSPS) is 20.3. The van der Waals surface area contributed by atoms with E-state index in [9.17, 15) is 14.4 Å². The number of amides is 4. The number of benzene rings is 1. The minimum absolute atomic E-state index is 0.111. The second-order valence-corrected chi connectivity index (χ2v) is 7.16. The maximum absolute atomic E-state index is 13.0. The number of hydrogen-bond acceptors (Lipinski definition) is 6. The third-order valence-corrected chi connectivity index (χ3v) is 5.37. The van der Waals surface area contributed by atoms with Gasteiger partial charge in [-0.25, -0.2) is 4.79 Å². The van der Waals surface area contributed by atoms with Crippen LogP contribution in [0.2, 0.25) is 0 Å². The second-order valence-electron chi connectivity index (χ2n) is 7.16. The molecule has 1 aromatic carbocycles. The lowest BCUT2D eigenvalue weighted by molar-refractivity contribution is -0.125. The van der Waals surface area contributed by atoms with Crippen molar-refractivity contribution in [3.05, 3.63) is 59.5 Å². The molecule has 0 saturated carbocycles. The third-order valence-electron chi connectivity index (χ3n) is 5.37. The van der Waals surface area contributed by atoms with Gasteiger partial charge in [-0.15, -0.1) is 0 Å². The average molecular weight is 407 g/mol. The Morgan fingerprint density at radius 1 is 1.23 bits per heavy atom. The summed E-state index contributed by atoms with van der Waals surface area (Å²) in [7, 11) is 1.53. The topological polar surface area (TPSA) is 130 Å². The zero-order valence-corrected chi connectivity index (χ0v) is 15.9. The molecule has 3 N–H and O–H groups in total. The van der Waals surface area contributed by atoms with Crippen LogP contribution in [0, 0.1) is 0 Å². The van der Waals surface area contributed by atoms with Crippen LogP contribution >= 0.6 is 0 Å². The van der Waals surface area contributed by atoms with Crippen LogP contribution in [0.25, 0.3) is 11.4 Å². The van der Waals surface area contributed by atoms with Gasteiger partial charge in [0.05, 0.1) is 19.3 Å². The van der Waals surface area contributed by atoms with Gasteiger partial charge in [0.15, 0.2) is 11.3 Å². The predicted octanol–water partition coefficient (Wildman–Crippen LogP) is 1.37. The first-order valence-corrected chi connectivity index (χ1v) is 9.21. The van der Waals surface area contributed by atoms with Gasteiger partial charge in [0.2, 0.25) is 0 Å². The maximum atomic E-state index is 13.0. The monoisotopic (exact) mass is 407 g/mol. The van der Waals surface area contributed by atoms with Gasteiger partial charge in [-0.3, -0.25) is 14.9 Å². The van der Waals surface area contributed by atoms with Crippen molar-refractivity contribution in [2.24, 2.45) is 0 Å². The number of urea groups is 1. The van der Waals surface area contributed by atoms with Gasteiger partial charge in [0, 0.05) is 24.4 Å². The molecular weight excluding hydrogens is 390 g/mol. The summed E-state index contributed by atoms with van der Waals surface area (Å²) in [6, 6.07) is 9.76. The number of aromatic amines is 1. The zero-order chi connectivity index (χ0) is 20.9. The highest BCUT2D eigenvalue weighted by Crippen LogP contribution is 2.33. The van der Waals surface area contributed by atoms with Crippen LogP contribution in [0.3, 0.4) is 0 Å². The van der Waals surface area contributed by atoms with Gasteiger partial charge in [0.1, 0.15) is 11.4 Å². The van der Waals surface area contributed by atoms with Gasteiger partial charge in [0.25, 0.3) is 11.8 Å². The summed E-state index contributed by atoms with van der Waals surface area (Å²) in [4.78, 5) is 42.3. The smallest absolute Gasteiger partial charge is 0.322 e. The van der Waals surface area contributed by atoms with Crippen molar-refractivity contribution in [3.63, 3.8) is 0 Å². The molecule has 152 valence electrons. The van der Waals surface area contributed by atoms with Crippen molar-refractivity contribution < 1.29 is 23.6 Å². The standard InChI is InChI=1S/C20H17N5O5/c1-29-12-5-4-11-9-25(17(26)13(11)7-12)10-20(18(27)22-19(28)23-20)16-8-15(24-30-16)14-3-2-6-21-14/h2-8,21H,9-10H2,1H3,(H2,22,23,27,28)/t20-/m0/s1. The Balaban J connectivity index is 1.50. The summed E-state index contributed by atoms with van der Waals surface area (Å²) < 4.78 is 10.6. The van der Waals surface area contributed by atoms with E-state index in [4.69, 9.17) is 9.26 Å². The Bertz CT molecular complexity index is 1170. The van der Waals surface area contributed by atoms with Crippen LogP contribution in [0.1, 0.15) is 21.7 Å². The molecule has 2 aliphatic heterocycles. The van der Waals surface area contributed by atoms with Crippen molar-refractivity contribution in [2.75, 3.05) is 13.7 Å². The molecule has 1 saturated heterocycles.